The number of carbonyl (C=O) groups excluding carboxylic acids is 5. The summed E-state index contributed by atoms with van der Waals surface area (Å²) in [6.07, 6.45) is 2.71. The highest BCUT2D eigenvalue weighted by Gasteiger charge is 2.44. The van der Waals surface area contributed by atoms with E-state index in [4.69, 9.17) is 14.5 Å². The van der Waals surface area contributed by atoms with E-state index in [0.29, 0.717) is 57.2 Å². The number of hydrogen-bond donors (Lipinski definition) is 1. The number of cyclic esters (lactones) is 1. The number of thioether (sulfide) groups is 1. The lowest BCUT2D eigenvalue weighted by Crippen LogP contribution is -2.58. The Hall–Kier alpha value is -3.45. The van der Waals surface area contributed by atoms with Crippen LogP contribution in [0.2, 0.25) is 0 Å². The van der Waals surface area contributed by atoms with E-state index in [-0.39, 0.29) is 54.2 Å². The van der Waals surface area contributed by atoms with E-state index in [2.05, 4.69) is 6.92 Å². The molecule has 13 heteroatoms. The number of amides is 3. The quantitative estimate of drug-likeness (QED) is 0.343. The molecule has 10 atom stereocenters. The third-order valence-electron chi connectivity index (χ3n) is 12.7. The third kappa shape index (κ3) is 11.9. The summed E-state index contributed by atoms with van der Waals surface area (Å²) in [4.78, 5) is 80.3. The number of aliphatic hydroxyl groups excluding tert-OH is 1. The van der Waals surface area contributed by atoms with Gasteiger partial charge in [-0.25, -0.2) is 4.79 Å². The molecule has 3 amide bonds. The first kappa shape index (κ1) is 47.2. The number of esters is 1. The van der Waals surface area contributed by atoms with Crippen LogP contribution in [0.5, 0.6) is 5.75 Å². The van der Waals surface area contributed by atoms with Crippen molar-refractivity contribution >= 4 is 46.3 Å². The fourth-order valence-electron chi connectivity index (χ4n) is 8.41. The third-order valence-corrected chi connectivity index (χ3v) is 14.0. The molecular weight excluding hydrogens is 757 g/mol. The van der Waals surface area contributed by atoms with Crippen molar-refractivity contribution in [3.63, 3.8) is 0 Å². The Labute approximate surface area is 351 Å². The molecule has 3 heterocycles. The number of benzene rings is 1. The fourth-order valence-corrected chi connectivity index (χ4v) is 9.65. The summed E-state index contributed by atoms with van der Waals surface area (Å²) in [5.41, 5.74) is 0.464. The molecule has 0 aromatic heterocycles. The van der Waals surface area contributed by atoms with Gasteiger partial charge in [-0.3, -0.25) is 24.2 Å². The van der Waals surface area contributed by atoms with Gasteiger partial charge >= 0.3 is 5.97 Å². The van der Waals surface area contributed by atoms with Crippen molar-refractivity contribution in [3.8, 4) is 5.75 Å². The summed E-state index contributed by atoms with van der Waals surface area (Å²) in [5, 5.41) is 12.3. The van der Waals surface area contributed by atoms with E-state index in [1.165, 1.54) is 9.80 Å². The van der Waals surface area contributed by atoms with Crippen LogP contribution in [0.25, 0.3) is 0 Å². The molecule has 1 N–H and O–H groups in total. The van der Waals surface area contributed by atoms with Crippen LogP contribution in [0, 0.1) is 29.1 Å². The van der Waals surface area contributed by atoms with Crippen molar-refractivity contribution in [1.29, 1.82) is 0 Å². The number of aliphatic imine (C=N–C) groups is 1. The van der Waals surface area contributed by atoms with Crippen LogP contribution >= 0.6 is 11.8 Å². The number of nitrogens with zero attached hydrogens (tertiary/aromatic N) is 4. The molecule has 3 aliphatic rings. The van der Waals surface area contributed by atoms with E-state index in [9.17, 15) is 29.1 Å². The lowest BCUT2D eigenvalue weighted by molar-refractivity contribution is -0.166. The van der Waals surface area contributed by atoms with Crippen LogP contribution < -0.4 is 4.74 Å². The topological polar surface area (TPSA) is 146 Å². The largest absolute Gasteiger partial charge is 0.497 e. The van der Waals surface area contributed by atoms with Crippen molar-refractivity contribution < 1.29 is 38.6 Å². The molecule has 0 aliphatic carbocycles. The van der Waals surface area contributed by atoms with Gasteiger partial charge in [0.2, 0.25) is 17.7 Å². The predicted octanol–water partition coefficient (Wildman–Crippen LogP) is 6.20. The average molecular weight is 827 g/mol. The van der Waals surface area contributed by atoms with Gasteiger partial charge in [-0.1, -0.05) is 67.0 Å². The van der Waals surface area contributed by atoms with Crippen molar-refractivity contribution in [1.82, 2.24) is 14.7 Å². The number of fused-ring (bicyclic) bond motifs is 2. The first-order chi connectivity index (χ1) is 27.3. The summed E-state index contributed by atoms with van der Waals surface area (Å²) < 4.78 is 11.6. The number of hydrogen-bond acceptors (Lipinski definition) is 10. The molecule has 1 aromatic rings. The Kier molecular flexibility index (Phi) is 16.8. The Morgan fingerprint density at radius 1 is 0.966 bits per heavy atom. The van der Waals surface area contributed by atoms with E-state index in [1.54, 1.807) is 44.8 Å². The van der Waals surface area contributed by atoms with Crippen LogP contribution in [0.3, 0.4) is 0 Å². The second-order valence-corrected chi connectivity index (χ2v) is 19.3. The van der Waals surface area contributed by atoms with Crippen molar-refractivity contribution in [2.45, 2.75) is 150 Å². The summed E-state index contributed by atoms with van der Waals surface area (Å²) in [5.74, 6) is -1.30. The zero-order chi connectivity index (χ0) is 43.1. The summed E-state index contributed by atoms with van der Waals surface area (Å²) in [7, 11) is 4.76. The van der Waals surface area contributed by atoms with Crippen LogP contribution in [0.15, 0.2) is 29.3 Å². The van der Waals surface area contributed by atoms with Gasteiger partial charge in [0.05, 0.1) is 24.3 Å². The highest BCUT2D eigenvalue weighted by atomic mass is 32.2. The Morgan fingerprint density at radius 3 is 2.26 bits per heavy atom. The molecule has 12 nitrogen and oxygen atoms in total. The van der Waals surface area contributed by atoms with E-state index >= 15 is 0 Å². The van der Waals surface area contributed by atoms with Crippen LogP contribution in [-0.2, 0) is 35.1 Å². The molecule has 4 rings (SSSR count). The van der Waals surface area contributed by atoms with Gasteiger partial charge in [-0.2, -0.15) is 0 Å². The lowest BCUT2D eigenvalue weighted by atomic mass is 9.81. The molecule has 0 spiro atoms. The number of rotatable bonds is 5. The van der Waals surface area contributed by atoms with Gasteiger partial charge in [0.15, 0.2) is 0 Å². The summed E-state index contributed by atoms with van der Waals surface area (Å²) in [6.45, 7) is 16.0. The SMILES string of the molecule is CC[C@H](C)C1C(=O)N2CCC[C@H]2C(=O)O[C@H](C(C)(C)C)C[C@@H](C)C[C@H](O)[C@@H](C)C2=N[C@@H](CCC(=O)C[C@@H](Cc3ccc(OC)cc3)C(=O)N(C)[C@@H](C)C(=O)N1C)CS2. The first-order valence-corrected chi connectivity index (χ1v) is 22.3. The number of ketones is 1. The summed E-state index contributed by atoms with van der Waals surface area (Å²) >= 11 is 1.62. The second kappa shape index (κ2) is 20.7. The van der Waals surface area contributed by atoms with Crippen LogP contribution in [0.4, 0.5) is 0 Å². The maximum atomic E-state index is 14.6. The highest BCUT2D eigenvalue weighted by Crippen LogP contribution is 2.34. The van der Waals surface area contributed by atoms with E-state index in [0.717, 1.165) is 16.4 Å². The zero-order valence-electron chi connectivity index (χ0n) is 36.9. The normalized spacial score (nSPS) is 31.3. The minimum Gasteiger partial charge on any atom is -0.497 e. The van der Waals surface area contributed by atoms with Gasteiger partial charge in [0.25, 0.3) is 0 Å². The van der Waals surface area contributed by atoms with Crippen molar-refractivity contribution in [2.24, 2.45) is 34.1 Å². The number of aliphatic hydroxyl groups is 1. The molecule has 0 saturated carbocycles. The molecule has 1 aromatic carbocycles. The maximum Gasteiger partial charge on any atom is 0.329 e. The molecule has 1 unspecified atom stereocenters. The monoisotopic (exact) mass is 826 g/mol. The predicted molar refractivity (Wildman–Crippen MR) is 229 cm³/mol. The van der Waals surface area contributed by atoms with Gasteiger partial charge in [0.1, 0.15) is 35.8 Å². The highest BCUT2D eigenvalue weighted by molar-refractivity contribution is 8.14. The minimum atomic E-state index is -0.936. The van der Waals surface area contributed by atoms with Gasteiger partial charge in [-0.05, 0) is 80.4 Å². The zero-order valence-corrected chi connectivity index (χ0v) is 37.7. The maximum absolute atomic E-state index is 14.6. The summed E-state index contributed by atoms with van der Waals surface area (Å²) in [6, 6.07) is 4.73. The van der Waals surface area contributed by atoms with Crippen molar-refractivity contribution in [3.05, 3.63) is 29.8 Å². The molecule has 0 radical (unpaired) electrons. The fraction of sp³-hybridized carbons (Fsp3) is 0.733. The number of methoxy groups -OCH3 is 1. The number of ether oxygens (including phenoxy) is 2. The standard InChI is InChI=1S/C45H70N4O8S/c1-12-28(3)39-43(54)49-21-13-14-36(49)44(55)57-38(45(6,7)8)23-27(2)22-37(51)29(4)40-46-33(26-58-40)17-18-34(50)25-32(24-31-15-19-35(56-11)20-16-31)42(53)47(9)30(5)41(52)48(39)10/h15-16,19-20,27-30,32-33,36-39,51H,12-14,17-18,21-26H2,1-11H3/t27-,28-,29+,30-,32+,33-,36-,37-,38-,39?/m0/s1. The Morgan fingerprint density at radius 2 is 1.64 bits per heavy atom. The molecule has 1 saturated heterocycles. The Bertz CT molecular complexity index is 1630. The van der Waals surface area contributed by atoms with Crippen molar-refractivity contribution in [2.75, 3.05) is 33.5 Å². The van der Waals surface area contributed by atoms with E-state index in [1.807, 2.05) is 65.8 Å². The van der Waals surface area contributed by atoms with E-state index < -0.39 is 53.5 Å². The molecule has 1 fully saturated rings. The molecule has 58 heavy (non-hydrogen) atoms. The molecular formula is C45H70N4O8S. The van der Waals surface area contributed by atoms with Crippen LogP contribution in [-0.4, -0.2) is 124 Å². The molecule has 324 valence electrons. The average Bonchev–Trinajstić information content (AvgIpc) is 3.88. The second-order valence-electron chi connectivity index (χ2n) is 18.3. The number of likely N-dealkylation sites (N-methyl/N-ethyl adjacent to an activating group) is 2. The first-order valence-electron chi connectivity index (χ1n) is 21.3. The smallest absolute Gasteiger partial charge is 0.329 e. The lowest BCUT2D eigenvalue weighted by Gasteiger charge is -2.39. The van der Waals surface area contributed by atoms with Gasteiger partial charge in [0, 0.05) is 51.1 Å². The Balaban J connectivity index is 1.69. The molecule has 3 aliphatic heterocycles. The number of carbonyl (C=O) groups is 5. The minimum absolute atomic E-state index is 0.00534. The van der Waals surface area contributed by atoms with Gasteiger partial charge in [-0.15, -0.1) is 11.8 Å². The number of Topliss-reactive ketones (excluding diaryl/α,β-unsaturated/α-hetero) is 1. The van der Waals surface area contributed by atoms with Gasteiger partial charge < -0.3 is 29.3 Å². The molecule has 2 bridgehead atoms. The van der Waals surface area contributed by atoms with Crippen LogP contribution in [0.1, 0.15) is 112 Å².